The van der Waals surface area contributed by atoms with E-state index in [1.165, 1.54) is 18.2 Å². The SMILES string of the molecule is Cc1cc(F)ccc1CS(=O)(=O)CC(C)N. The van der Waals surface area contributed by atoms with Crippen LogP contribution in [0.3, 0.4) is 0 Å². The normalized spacial score (nSPS) is 13.8. The zero-order valence-electron chi connectivity index (χ0n) is 9.40. The Bertz CT molecular complexity index is 469. The molecule has 0 aliphatic heterocycles. The number of nitrogens with two attached hydrogens (primary N) is 1. The van der Waals surface area contributed by atoms with Crippen LogP contribution in [0.15, 0.2) is 18.2 Å². The summed E-state index contributed by atoms with van der Waals surface area (Å²) >= 11 is 0. The second-order valence-electron chi connectivity index (χ2n) is 4.10. The lowest BCUT2D eigenvalue weighted by Crippen LogP contribution is -2.27. The average molecular weight is 245 g/mol. The van der Waals surface area contributed by atoms with Gasteiger partial charge in [0.05, 0.1) is 11.5 Å². The van der Waals surface area contributed by atoms with Gasteiger partial charge in [0, 0.05) is 6.04 Å². The Hall–Kier alpha value is -0.940. The van der Waals surface area contributed by atoms with Gasteiger partial charge in [-0.1, -0.05) is 6.07 Å². The molecule has 0 radical (unpaired) electrons. The van der Waals surface area contributed by atoms with Crippen LogP contribution in [-0.2, 0) is 15.6 Å². The van der Waals surface area contributed by atoms with Crippen molar-refractivity contribution >= 4 is 9.84 Å². The van der Waals surface area contributed by atoms with Gasteiger partial charge in [-0.3, -0.25) is 0 Å². The quantitative estimate of drug-likeness (QED) is 0.872. The van der Waals surface area contributed by atoms with E-state index in [9.17, 15) is 12.8 Å². The number of halogens is 1. The van der Waals surface area contributed by atoms with Crippen molar-refractivity contribution in [3.8, 4) is 0 Å². The van der Waals surface area contributed by atoms with Crippen LogP contribution in [0.25, 0.3) is 0 Å². The summed E-state index contributed by atoms with van der Waals surface area (Å²) in [5.41, 5.74) is 6.73. The highest BCUT2D eigenvalue weighted by Crippen LogP contribution is 2.14. The monoisotopic (exact) mass is 245 g/mol. The molecule has 0 fully saturated rings. The highest BCUT2D eigenvalue weighted by atomic mass is 32.2. The van der Waals surface area contributed by atoms with Gasteiger partial charge in [0.15, 0.2) is 9.84 Å². The maximum absolute atomic E-state index is 12.8. The van der Waals surface area contributed by atoms with E-state index in [1.807, 2.05) is 0 Å². The first kappa shape index (κ1) is 13.1. The van der Waals surface area contributed by atoms with Gasteiger partial charge in [-0.2, -0.15) is 0 Å². The van der Waals surface area contributed by atoms with E-state index in [1.54, 1.807) is 13.8 Å². The summed E-state index contributed by atoms with van der Waals surface area (Å²) in [5, 5.41) is 0. The molecule has 3 nitrogen and oxygen atoms in total. The predicted molar refractivity (Wildman–Crippen MR) is 62.3 cm³/mol. The molecule has 0 aliphatic rings. The molecule has 0 aliphatic carbocycles. The third-order valence-corrected chi connectivity index (χ3v) is 3.98. The van der Waals surface area contributed by atoms with Crippen molar-refractivity contribution in [3.05, 3.63) is 35.1 Å². The molecule has 0 spiro atoms. The van der Waals surface area contributed by atoms with Gasteiger partial charge in [0.1, 0.15) is 5.82 Å². The lowest BCUT2D eigenvalue weighted by molar-refractivity contribution is 0.588. The summed E-state index contributed by atoms with van der Waals surface area (Å²) in [5.74, 6) is -0.490. The van der Waals surface area contributed by atoms with Crippen LogP contribution in [0.2, 0.25) is 0 Å². The highest BCUT2D eigenvalue weighted by Gasteiger charge is 2.15. The van der Waals surface area contributed by atoms with Crippen LogP contribution >= 0.6 is 0 Å². The highest BCUT2D eigenvalue weighted by molar-refractivity contribution is 7.90. The summed E-state index contributed by atoms with van der Waals surface area (Å²) in [4.78, 5) is 0. The van der Waals surface area contributed by atoms with Crippen LogP contribution in [0.4, 0.5) is 4.39 Å². The van der Waals surface area contributed by atoms with Crippen molar-refractivity contribution in [2.24, 2.45) is 5.73 Å². The number of hydrogen-bond donors (Lipinski definition) is 1. The molecule has 0 amide bonds. The fourth-order valence-corrected chi connectivity index (χ4v) is 3.23. The zero-order chi connectivity index (χ0) is 12.3. The van der Waals surface area contributed by atoms with Crippen LogP contribution in [0, 0.1) is 12.7 Å². The van der Waals surface area contributed by atoms with Crippen LogP contribution in [-0.4, -0.2) is 20.2 Å². The minimum atomic E-state index is -3.22. The van der Waals surface area contributed by atoms with E-state index >= 15 is 0 Å². The molecule has 0 saturated heterocycles. The van der Waals surface area contributed by atoms with Gasteiger partial charge in [-0.15, -0.1) is 0 Å². The average Bonchev–Trinajstić information content (AvgIpc) is 2.07. The van der Waals surface area contributed by atoms with Crippen molar-refractivity contribution in [1.82, 2.24) is 0 Å². The van der Waals surface area contributed by atoms with Crippen LogP contribution in [0.1, 0.15) is 18.1 Å². The molecule has 16 heavy (non-hydrogen) atoms. The Morgan fingerprint density at radius 2 is 2.06 bits per heavy atom. The molecule has 0 aromatic heterocycles. The maximum Gasteiger partial charge on any atom is 0.155 e. The Morgan fingerprint density at radius 3 is 2.56 bits per heavy atom. The van der Waals surface area contributed by atoms with E-state index < -0.39 is 9.84 Å². The molecule has 1 rings (SSSR count). The molecular weight excluding hydrogens is 229 g/mol. The first-order valence-corrected chi connectivity index (χ1v) is 6.83. The number of aryl methyl sites for hydroxylation is 1. The lowest BCUT2D eigenvalue weighted by Gasteiger charge is -2.09. The molecule has 1 aromatic carbocycles. The van der Waals surface area contributed by atoms with Crippen molar-refractivity contribution in [3.63, 3.8) is 0 Å². The number of benzene rings is 1. The molecule has 2 N–H and O–H groups in total. The summed E-state index contributed by atoms with van der Waals surface area (Å²) in [6, 6.07) is 3.72. The second kappa shape index (κ2) is 4.93. The number of rotatable bonds is 4. The van der Waals surface area contributed by atoms with Crippen molar-refractivity contribution in [2.45, 2.75) is 25.6 Å². The molecule has 0 saturated carbocycles. The molecule has 5 heteroatoms. The number of hydrogen-bond acceptors (Lipinski definition) is 3. The third-order valence-electron chi connectivity index (χ3n) is 2.20. The van der Waals surface area contributed by atoms with Crippen molar-refractivity contribution in [2.75, 3.05) is 5.75 Å². The van der Waals surface area contributed by atoms with E-state index in [4.69, 9.17) is 5.73 Å². The summed E-state index contributed by atoms with van der Waals surface area (Å²) in [7, 11) is -3.22. The van der Waals surface area contributed by atoms with Crippen LogP contribution in [0.5, 0.6) is 0 Å². The summed E-state index contributed by atoms with van der Waals surface area (Å²) in [6.07, 6.45) is 0. The fraction of sp³-hybridized carbons (Fsp3) is 0.455. The fourth-order valence-electron chi connectivity index (χ4n) is 1.52. The second-order valence-corrected chi connectivity index (χ2v) is 6.21. The molecule has 0 bridgehead atoms. The minimum Gasteiger partial charge on any atom is -0.327 e. The smallest absolute Gasteiger partial charge is 0.155 e. The Kier molecular flexibility index (Phi) is 4.04. The third kappa shape index (κ3) is 3.90. The van der Waals surface area contributed by atoms with E-state index in [-0.39, 0.29) is 23.4 Å². The first-order valence-electron chi connectivity index (χ1n) is 5.01. The Labute approximate surface area is 95.4 Å². The lowest BCUT2D eigenvalue weighted by atomic mass is 10.1. The molecule has 1 atom stereocenters. The van der Waals surface area contributed by atoms with Crippen LogP contribution < -0.4 is 5.73 Å². The Balaban J connectivity index is 2.88. The van der Waals surface area contributed by atoms with Gasteiger partial charge in [-0.05, 0) is 37.1 Å². The van der Waals surface area contributed by atoms with Gasteiger partial charge in [-0.25, -0.2) is 12.8 Å². The molecular formula is C11H16FNO2S. The van der Waals surface area contributed by atoms with Crippen molar-refractivity contribution in [1.29, 1.82) is 0 Å². The molecule has 1 unspecified atom stereocenters. The predicted octanol–water partition coefficient (Wildman–Crippen LogP) is 1.40. The van der Waals surface area contributed by atoms with Gasteiger partial charge in [0.2, 0.25) is 0 Å². The Morgan fingerprint density at radius 1 is 1.44 bits per heavy atom. The van der Waals surface area contributed by atoms with E-state index in [0.717, 1.165) is 0 Å². The zero-order valence-corrected chi connectivity index (χ0v) is 10.2. The standard InChI is InChI=1S/C11H16FNO2S/c1-8-5-11(12)4-3-10(8)7-16(14,15)6-9(2)13/h3-5,9H,6-7,13H2,1-2H3. The number of sulfone groups is 1. The molecule has 1 aromatic rings. The summed E-state index contributed by atoms with van der Waals surface area (Å²) < 4.78 is 36.2. The van der Waals surface area contributed by atoms with Gasteiger partial charge in [0.25, 0.3) is 0 Å². The maximum atomic E-state index is 12.8. The largest absolute Gasteiger partial charge is 0.327 e. The molecule has 90 valence electrons. The molecule has 0 heterocycles. The topological polar surface area (TPSA) is 60.2 Å². The van der Waals surface area contributed by atoms with Crippen molar-refractivity contribution < 1.29 is 12.8 Å². The first-order chi connectivity index (χ1) is 7.30. The van der Waals surface area contributed by atoms with E-state index in [2.05, 4.69) is 0 Å². The minimum absolute atomic E-state index is 0.0518. The van der Waals surface area contributed by atoms with Gasteiger partial charge < -0.3 is 5.73 Å². The van der Waals surface area contributed by atoms with E-state index in [0.29, 0.717) is 11.1 Å². The summed E-state index contributed by atoms with van der Waals surface area (Å²) in [6.45, 7) is 3.34. The van der Waals surface area contributed by atoms with Gasteiger partial charge >= 0.3 is 0 Å².